The number of hydrogen-bond donors (Lipinski definition) is 1. The Kier molecular flexibility index (Phi) is 4.54. The summed E-state index contributed by atoms with van der Waals surface area (Å²) in [5.74, 6) is -0.167. The van der Waals surface area contributed by atoms with Crippen LogP contribution in [0.15, 0.2) is 30.9 Å². The Labute approximate surface area is 108 Å². The van der Waals surface area contributed by atoms with Crippen LogP contribution in [0.2, 0.25) is 0 Å². The van der Waals surface area contributed by atoms with Gasteiger partial charge in [-0.25, -0.2) is 4.79 Å². The summed E-state index contributed by atoms with van der Waals surface area (Å²) in [4.78, 5) is 11.0. The molecule has 0 amide bonds. The molecule has 1 N–H and O–H groups in total. The molecule has 0 bridgehead atoms. The van der Waals surface area contributed by atoms with Gasteiger partial charge in [0, 0.05) is 6.08 Å². The summed E-state index contributed by atoms with van der Waals surface area (Å²) in [7, 11) is 0. The molecule has 3 nitrogen and oxygen atoms in total. The molecule has 0 saturated carbocycles. The maximum absolute atomic E-state index is 11.0. The zero-order valence-electron chi connectivity index (χ0n) is 11.2. The predicted molar refractivity (Wildman–Crippen MR) is 71.4 cm³/mol. The molecule has 0 atom stereocenters. The fraction of sp³-hybridized carbons (Fsp3) is 0.400. The van der Waals surface area contributed by atoms with Gasteiger partial charge in [0.15, 0.2) is 0 Å². The number of ether oxygens (including phenoxy) is 1. The van der Waals surface area contributed by atoms with Crippen molar-refractivity contribution in [2.75, 3.05) is 0 Å². The first-order valence-corrected chi connectivity index (χ1v) is 6.02. The second-order valence-electron chi connectivity index (χ2n) is 4.90. The summed E-state index contributed by atoms with van der Waals surface area (Å²) < 4.78 is 4.98. The molecule has 0 aliphatic carbocycles. The Morgan fingerprint density at radius 1 is 1.50 bits per heavy atom. The van der Waals surface area contributed by atoms with Gasteiger partial charge >= 0.3 is 5.97 Å². The fourth-order valence-electron chi connectivity index (χ4n) is 1.62. The van der Waals surface area contributed by atoms with E-state index in [1.54, 1.807) is 12.1 Å². The molecule has 18 heavy (non-hydrogen) atoms. The van der Waals surface area contributed by atoms with Crippen molar-refractivity contribution >= 4 is 5.97 Å². The average Bonchev–Trinajstić information content (AvgIpc) is 2.37. The van der Waals surface area contributed by atoms with Crippen molar-refractivity contribution < 1.29 is 14.6 Å². The monoisotopic (exact) mass is 248 g/mol. The van der Waals surface area contributed by atoms with Gasteiger partial charge in [-0.05, 0) is 35.1 Å². The minimum absolute atomic E-state index is 0.109. The predicted octanol–water partition coefficient (Wildman–Crippen LogP) is 3.31. The molecule has 0 aromatic heterocycles. The molecule has 1 rings (SSSR count). The number of hydrogen-bond acceptors (Lipinski definition) is 3. The van der Waals surface area contributed by atoms with Crippen molar-refractivity contribution in [1.82, 2.24) is 0 Å². The number of rotatable bonds is 5. The number of carbonyl (C=O) groups is 1. The van der Waals surface area contributed by atoms with E-state index in [9.17, 15) is 9.90 Å². The number of carbonyl (C=O) groups excluding carboxylic acids is 1. The molecular weight excluding hydrogens is 228 g/mol. The number of esters is 1. The Hall–Kier alpha value is -1.77. The highest BCUT2D eigenvalue weighted by Crippen LogP contribution is 2.34. The van der Waals surface area contributed by atoms with Gasteiger partial charge in [0.25, 0.3) is 0 Å². The van der Waals surface area contributed by atoms with E-state index in [2.05, 4.69) is 27.4 Å². The first-order valence-electron chi connectivity index (χ1n) is 6.02. The molecule has 3 heteroatoms. The lowest BCUT2D eigenvalue weighted by Gasteiger charge is -2.25. The Morgan fingerprint density at radius 3 is 2.72 bits per heavy atom. The van der Waals surface area contributed by atoms with Crippen LogP contribution >= 0.6 is 0 Å². The fourth-order valence-corrected chi connectivity index (χ4v) is 1.62. The van der Waals surface area contributed by atoms with Crippen LogP contribution in [0.1, 0.15) is 38.3 Å². The van der Waals surface area contributed by atoms with Crippen LogP contribution in [-0.4, -0.2) is 11.1 Å². The van der Waals surface area contributed by atoms with Crippen LogP contribution in [0.25, 0.3) is 0 Å². The third-order valence-corrected chi connectivity index (χ3v) is 3.22. The van der Waals surface area contributed by atoms with Crippen molar-refractivity contribution in [2.24, 2.45) is 0 Å². The minimum Gasteiger partial charge on any atom is -0.508 e. The van der Waals surface area contributed by atoms with Crippen LogP contribution < -0.4 is 0 Å². The minimum atomic E-state index is -0.445. The van der Waals surface area contributed by atoms with Crippen LogP contribution in [0.3, 0.4) is 0 Å². The van der Waals surface area contributed by atoms with Crippen LogP contribution in [0.4, 0.5) is 0 Å². The van der Waals surface area contributed by atoms with E-state index in [1.807, 2.05) is 6.07 Å². The SMILES string of the molecule is C=CC(=O)OCc1ccc(O)c(C(C)(C)CC)c1. The van der Waals surface area contributed by atoms with Crippen molar-refractivity contribution in [3.05, 3.63) is 42.0 Å². The molecule has 0 fully saturated rings. The highest BCUT2D eigenvalue weighted by molar-refractivity contribution is 5.81. The van der Waals surface area contributed by atoms with Gasteiger partial charge < -0.3 is 9.84 Å². The van der Waals surface area contributed by atoms with Gasteiger partial charge in [-0.15, -0.1) is 0 Å². The van der Waals surface area contributed by atoms with E-state index < -0.39 is 5.97 Å². The third kappa shape index (κ3) is 3.36. The molecule has 98 valence electrons. The van der Waals surface area contributed by atoms with Gasteiger partial charge in [-0.3, -0.25) is 0 Å². The summed E-state index contributed by atoms with van der Waals surface area (Å²) >= 11 is 0. The van der Waals surface area contributed by atoms with Gasteiger partial charge in [0.2, 0.25) is 0 Å². The normalized spacial score (nSPS) is 11.1. The first-order chi connectivity index (χ1) is 8.40. The van der Waals surface area contributed by atoms with E-state index in [0.29, 0.717) is 0 Å². The van der Waals surface area contributed by atoms with Gasteiger partial charge in [-0.1, -0.05) is 33.4 Å². The zero-order valence-corrected chi connectivity index (χ0v) is 11.2. The van der Waals surface area contributed by atoms with Gasteiger partial charge in [-0.2, -0.15) is 0 Å². The van der Waals surface area contributed by atoms with Crippen molar-refractivity contribution in [3.63, 3.8) is 0 Å². The van der Waals surface area contributed by atoms with Crippen LogP contribution in [-0.2, 0) is 21.6 Å². The second-order valence-corrected chi connectivity index (χ2v) is 4.90. The van der Waals surface area contributed by atoms with Crippen molar-refractivity contribution in [2.45, 2.75) is 39.2 Å². The Balaban J connectivity index is 2.94. The maximum atomic E-state index is 11.0. The largest absolute Gasteiger partial charge is 0.508 e. The summed E-state index contributed by atoms with van der Waals surface area (Å²) in [6.07, 6.45) is 2.05. The molecule has 1 aromatic rings. The highest BCUT2D eigenvalue weighted by Gasteiger charge is 2.22. The Morgan fingerprint density at radius 2 is 2.17 bits per heavy atom. The number of phenols is 1. The first kappa shape index (κ1) is 14.3. The van der Waals surface area contributed by atoms with E-state index in [1.165, 1.54) is 0 Å². The molecule has 0 aliphatic rings. The van der Waals surface area contributed by atoms with E-state index in [4.69, 9.17) is 4.74 Å². The highest BCUT2D eigenvalue weighted by atomic mass is 16.5. The molecule has 0 aliphatic heterocycles. The second kappa shape index (κ2) is 5.71. The number of phenolic OH excluding ortho intramolecular Hbond substituents is 1. The summed E-state index contributed by atoms with van der Waals surface area (Å²) in [6.45, 7) is 9.75. The molecule has 0 spiro atoms. The Bertz CT molecular complexity index is 447. The number of aromatic hydroxyl groups is 1. The van der Waals surface area contributed by atoms with Gasteiger partial charge in [0.05, 0.1) is 0 Å². The van der Waals surface area contributed by atoms with Crippen LogP contribution in [0.5, 0.6) is 5.75 Å². The molecule has 0 heterocycles. The lowest BCUT2D eigenvalue weighted by molar-refractivity contribution is -0.138. The lowest BCUT2D eigenvalue weighted by atomic mass is 9.81. The smallest absolute Gasteiger partial charge is 0.330 e. The zero-order chi connectivity index (χ0) is 13.8. The van der Waals surface area contributed by atoms with Crippen molar-refractivity contribution in [1.29, 1.82) is 0 Å². The molecule has 1 aromatic carbocycles. The topological polar surface area (TPSA) is 46.5 Å². The van der Waals surface area contributed by atoms with E-state index >= 15 is 0 Å². The molecule has 0 unspecified atom stereocenters. The summed E-state index contributed by atoms with van der Waals surface area (Å²) in [6, 6.07) is 5.28. The summed E-state index contributed by atoms with van der Waals surface area (Å²) in [5, 5.41) is 9.90. The standard InChI is InChI=1S/C15H20O3/c1-5-14(17)18-10-11-7-8-13(16)12(9-11)15(3,4)6-2/h5,7-9,16H,1,6,10H2,2-4H3. The molecule has 0 radical (unpaired) electrons. The van der Waals surface area contributed by atoms with E-state index in [-0.39, 0.29) is 17.8 Å². The van der Waals surface area contributed by atoms with Crippen molar-refractivity contribution in [3.8, 4) is 5.75 Å². The quantitative estimate of drug-likeness (QED) is 0.642. The number of benzene rings is 1. The maximum Gasteiger partial charge on any atom is 0.330 e. The molecular formula is C15H20O3. The van der Waals surface area contributed by atoms with Crippen LogP contribution in [0, 0.1) is 0 Å². The summed E-state index contributed by atoms with van der Waals surface area (Å²) in [5.41, 5.74) is 1.62. The average molecular weight is 248 g/mol. The molecule has 0 saturated heterocycles. The van der Waals surface area contributed by atoms with E-state index in [0.717, 1.165) is 23.6 Å². The van der Waals surface area contributed by atoms with Gasteiger partial charge in [0.1, 0.15) is 12.4 Å². The third-order valence-electron chi connectivity index (χ3n) is 3.22. The lowest BCUT2D eigenvalue weighted by Crippen LogP contribution is -2.16.